The van der Waals surface area contributed by atoms with Crippen LogP contribution in [-0.4, -0.2) is 42.4 Å². The highest BCUT2D eigenvalue weighted by molar-refractivity contribution is 5.70. The van der Waals surface area contributed by atoms with Crippen LogP contribution in [0.1, 0.15) is 6.92 Å². The summed E-state index contributed by atoms with van der Waals surface area (Å²) in [4.78, 5) is 9.22. The van der Waals surface area contributed by atoms with E-state index in [2.05, 4.69) is 11.1 Å². The van der Waals surface area contributed by atoms with E-state index in [-0.39, 0.29) is 19.1 Å². The summed E-state index contributed by atoms with van der Waals surface area (Å²) in [6.07, 6.45) is 0. The highest BCUT2D eigenvalue weighted by atomic mass is 16.3. The summed E-state index contributed by atoms with van der Waals surface area (Å²) >= 11 is 0. The Bertz CT molecular complexity index is 79.9. The second-order valence-electron chi connectivity index (χ2n) is 1.81. The summed E-state index contributed by atoms with van der Waals surface area (Å²) in [5.74, 6) is -0.333. The maximum Gasteiger partial charge on any atom is 0.214 e. The van der Waals surface area contributed by atoms with Crippen molar-refractivity contribution in [1.29, 1.82) is 0 Å². The van der Waals surface area contributed by atoms with E-state index in [4.69, 9.17) is 10.2 Å². The maximum absolute atomic E-state index is 9.22. The highest BCUT2D eigenvalue weighted by Gasteiger charge is 1.78. The van der Waals surface area contributed by atoms with E-state index in [1.807, 2.05) is 0 Å². The van der Waals surface area contributed by atoms with Gasteiger partial charge in [-0.1, -0.05) is 0 Å². The van der Waals surface area contributed by atoms with E-state index in [0.717, 1.165) is 0 Å². The minimum atomic E-state index is -0.333. The van der Waals surface area contributed by atoms with Crippen molar-refractivity contribution in [3.05, 3.63) is 0 Å². The number of nitrogens with one attached hydrogen (secondary N) is 1. The van der Waals surface area contributed by atoms with Gasteiger partial charge in [-0.25, -0.2) is 0 Å². The molecule has 0 aliphatic heterocycles. The van der Waals surface area contributed by atoms with Gasteiger partial charge in [0.25, 0.3) is 0 Å². The Hall–Kier alpha value is -0.650. The van der Waals surface area contributed by atoms with Crippen molar-refractivity contribution in [2.45, 2.75) is 6.92 Å². The Balaban J connectivity index is 0. The Morgan fingerprint density at radius 3 is 1.82 bits per heavy atom. The Kier molecular flexibility index (Phi) is 14.2. The first-order chi connectivity index (χ1) is 5.15. The molecule has 0 heterocycles. The molecule has 11 heavy (non-hydrogen) atoms. The van der Waals surface area contributed by atoms with Crippen molar-refractivity contribution < 1.29 is 15.0 Å². The van der Waals surface area contributed by atoms with E-state index >= 15 is 0 Å². The summed E-state index contributed by atoms with van der Waals surface area (Å²) in [7, 11) is 0. The Morgan fingerprint density at radius 2 is 1.64 bits per heavy atom. The molecule has 0 aliphatic carbocycles. The van der Waals surface area contributed by atoms with Crippen LogP contribution in [0.15, 0.2) is 0 Å². The summed E-state index contributed by atoms with van der Waals surface area (Å²) in [6.45, 7) is 2.72. The van der Waals surface area contributed by atoms with Crippen molar-refractivity contribution in [2.24, 2.45) is 5.73 Å². The third-order valence-corrected chi connectivity index (χ3v) is 0.577. The molecule has 0 aromatic heterocycles. The minimum Gasteiger partial charge on any atom is -0.395 e. The van der Waals surface area contributed by atoms with Crippen LogP contribution in [0.5, 0.6) is 0 Å². The second-order valence-corrected chi connectivity index (χ2v) is 1.81. The summed E-state index contributed by atoms with van der Waals surface area (Å²) in [6, 6.07) is 0. The van der Waals surface area contributed by atoms with Gasteiger partial charge in [0, 0.05) is 20.0 Å². The van der Waals surface area contributed by atoms with Gasteiger partial charge in [0.05, 0.1) is 13.2 Å². The van der Waals surface area contributed by atoms with Gasteiger partial charge in [-0.05, 0) is 0 Å². The zero-order valence-electron chi connectivity index (χ0n) is 6.71. The van der Waals surface area contributed by atoms with Crippen LogP contribution < -0.4 is 11.1 Å². The smallest absolute Gasteiger partial charge is 0.214 e. The number of hydrogen-bond acceptors (Lipinski definition) is 4. The number of carbonyl (C=O) groups is 1. The number of primary amides is 1. The molecule has 0 radical (unpaired) electrons. The summed E-state index contributed by atoms with van der Waals surface area (Å²) < 4.78 is 0. The molecular weight excluding hydrogens is 148 g/mol. The van der Waals surface area contributed by atoms with Gasteiger partial charge < -0.3 is 21.3 Å². The van der Waals surface area contributed by atoms with Crippen LogP contribution in [0.3, 0.4) is 0 Å². The fraction of sp³-hybridized carbons (Fsp3) is 0.833. The molecule has 0 saturated heterocycles. The first-order valence-electron chi connectivity index (χ1n) is 3.33. The zero-order valence-corrected chi connectivity index (χ0v) is 6.71. The molecule has 0 saturated carbocycles. The van der Waals surface area contributed by atoms with Crippen molar-refractivity contribution in [3.63, 3.8) is 0 Å². The fourth-order valence-electron chi connectivity index (χ4n) is 0.283. The molecule has 5 heteroatoms. The normalized spacial score (nSPS) is 8.27. The second kappa shape index (κ2) is 12.1. The van der Waals surface area contributed by atoms with E-state index in [1.54, 1.807) is 0 Å². The van der Waals surface area contributed by atoms with Crippen molar-refractivity contribution >= 4 is 5.91 Å². The lowest BCUT2D eigenvalue weighted by molar-refractivity contribution is -0.115. The average molecular weight is 164 g/mol. The molecule has 1 amide bonds. The first-order valence-corrected chi connectivity index (χ1v) is 3.33. The Morgan fingerprint density at radius 1 is 1.36 bits per heavy atom. The largest absolute Gasteiger partial charge is 0.395 e. The molecule has 0 rings (SSSR count). The molecule has 0 atom stereocenters. The number of aliphatic hydroxyl groups is 2. The van der Waals surface area contributed by atoms with Gasteiger partial charge in [-0.15, -0.1) is 0 Å². The molecule has 0 aliphatic rings. The molecule has 0 spiro atoms. The van der Waals surface area contributed by atoms with E-state index in [1.165, 1.54) is 6.92 Å². The van der Waals surface area contributed by atoms with E-state index in [9.17, 15) is 4.79 Å². The number of rotatable bonds is 4. The van der Waals surface area contributed by atoms with Crippen LogP contribution in [0.2, 0.25) is 0 Å². The minimum absolute atomic E-state index is 0.139. The van der Waals surface area contributed by atoms with E-state index < -0.39 is 0 Å². The van der Waals surface area contributed by atoms with Crippen LogP contribution in [0.25, 0.3) is 0 Å². The molecule has 5 nitrogen and oxygen atoms in total. The Labute approximate surface area is 66.2 Å². The average Bonchev–Trinajstić information content (AvgIpc) is 1.88. The zero-order chi connectivity index (χ0) is 9.11. The van der Waals surface area contributed by atoms with Crippen molar-refractivity contribution in [1.82, 2.24) is 5.32 Å². The lowest BCUT2D eigenvalue weighted by Crippen LogP contribution is -2.21. The molecule has 5 N–H and O–H groups in total. The predicted molar refractivity (Wildman–Crippen MR) is 41.9 cm³/mol. The number of amides is 1. The molecule has 0 aromatic rings. The van der Waals surface area contributed by atoms with E-state index in [0.29, 0.717) is 13.1 Å². The fourth-order valence-corrected chi connectivity index (χ4v) is 0.283. The van der Waals surface area contributed by atoms with Crippen LogP contribution in [0.4, 0.5) is 0 Å². The molecule has 68 valence electrons. The first kappa shape index (κ1) is 13.0. The molecule has 0 unspecified atom stereocenters. The van der Waals surface area contributed by atoms with Crippen LogP contribution >= 0.6 is 0 Å². The summed E-state index contributed by atoms with van der Waals surface area (Å²) in [5.41, 5.74) is 4.47. The predicted octanol–water partition coefficient (Wildman–Crippen LogP) is -1.95. The summed E-state index contributed by atoms with van der Waals surface area (Å²) in [5, 5.41) is 19.1. The van der Waals surface area contributed by atoms with Gasteiger partial charge in [0.2, 0.25) is 5.91 Å². The lowest BCUT2D eigenvalue weighted by atomic mass is 10.6. The highest BCUT2D eigenvalue weighted by Crippen LogP contribution is 1.54. The van der Waals surface area contributed by atoms with Gasteiger partial charge in [0.15, 0.2) is 0 Å². The maximum atomic E-state index is 9.22. The quantitative estimate of drug-likeness (QED) is 0.363. The van der Waals surface area contributed by atoms with Gasteiger partial charge in [0.1, 0.15) is 0 Å². The van der Waals surface area contributed by atoms with Crippen LogP contribution in [-0.2, 0) is 4.79 Å². The monoisotopic (exact) mass is 164 g/mol. The number of hydrogen-bond donors (Lipinski definition) is 4. The standard InChI is InChI=1S/C4H11NO2.C2H5NO/c6-3-1-5-2-4-7;1-2(3)4/h5-7H,1-4H2;1H3,(H2,3,4). The van der Waals surface area contributed by atoms with Crippen molar-refractivity contribution in [2.75, 3.05) is 26.3 Å². The topological polar surface area (TPSA) is 95.6 Å². The van der Waals surface area contributed by atoms with Crippen molar-refractivity contribution in [3.8, 4) is 0 Å². The van der Waals surface area contributed by atoms with Crippen LogP contribution in [0, 0.1) is 0 Å². The van der Waals surface area contributed by atoms with Gasteiger partial charge in [-0.3, -0.25) is 4.79 Å². The molecule has 0 aromatic carbocycles. The number of nitrogens with two attached hydrogens (primary N) is 1. The lowest BCUT2D eigenvalue weighted by Gasteiger charge is -1.94. The van der Waals surface area contributed by atoms with Gasteiger partial charge in [-0.2, -0.15) is 0 Å². The molecular formula is C6H16N2O3. The number of carbonyl (C=O) groups excluding carboxylic acids is 1. The SMILES string of the molecule is CC(N)=O.OCCNCCO. The third-order valence-electron chi connectivity index (χ3n) is 0.577. The third kappa shape index (κ3) is 45.0. The van der Waals surface area contributed by atoms with Gasteiger partial charge >= 0.3 is 0 Å². The molecule has 0 bridgehead atoms. The number of aliphatic hydroxyl groups excluding tert-OH is 2. The molecule has 0 fully saturated rings.